The lowest BCUT2D eigenvalue weighted by Gasteiger charge is -2.12. The van der Waals surface area contributed by atoms with Gasteiger partial charge in [-0.3, -0.25) is 0 Å². The van der Waals surface area contributed by atoms with Gasteiger partial charge in [-0.1, -0.05) is 23.7 Å². The van der Waals surface area contributed by atoms with Crippen LogP contribution in [-0.2, 0) is 4.74 Å². The average molecular weight is 383 g/mol. The van der Waals surface area contributed by atoms with Gasteiger partial charge < -0.3 is 15.4 Å². The molecule has 27 heavy (non-hydrogen) atoms. The van der Waals surface area contributed by atoms with E-state index in [9.17, 15) is 4.79 Å². The minimum absolute atomic E-state index is 0.392. The van der Waals surface area contributed by atoms with Crippen molar-refractivity contribution in [3.8, 4) is 0 Å². The van der Waals surface area contributed by atoms with Gasteiger partial charge in [-0.2, -0.15) is 0 Å². The number of carbonyl (C=O) groups excluding carboxylic acids is 1. The van der Waals surface area contributed by atoms with E-state index >= 15 is 0 Å². The van der Waals surface area contributed by atoms with E-state index in [1.165, 1.54) is 7.11 Å². The van der Waals surface area contributed by atoms with E-state index in [0.29, 0.717) is 28.0 Å². The van der Waals surface area contributed by atoms with Crippen LogP contribution in [0, 0.1) is 13.8 Å². The van der Waals surface area contributed by atoms with Crippen molar-refractivity contribution in [2.75, 3.05) is 17.7 Å². The van der Waals surface area contributed by atoms with Gasteiger partial charge in [0.15, 0.2) is 0 Å². The van der Waals surface area contributed by atoms with Gasteiger partial charge in [0.1, 0.15) is 17.5 Å². The molecule has 2 aromatic carbocycles. The van der Waals surface area contributed by atoms with Gasteiger partial charge in [0.05, 0.1) is 12.7 Å². The van der Waals surface area contributed by atoms with Crippen LogP contribution in [0.15, 0.2) is 48.5 Å². The lowest BCUT2D eigenvalue weighted by molar-refractivity contribution is 0.0601. The van der Waals surface area contributed by atoms with Gasteiger partial charge in [-0.15, -0.1) is 0 Å². The van der Waals surface area contributed by atoms with Gasteiger partial charge in [-0.25, -0.2) is 14.8 Å². The Labute approximate surface area is 162 Å². The third kappa shape index (κ3) is 4.74. The number of benzene rings is 2. The number of nitrogens with one attached hydrogen (secondary N) is 2. The van der Waals surface area contributed by atoms with Crippen molar-refractivity contribution in [1.82, 2.24) is 9.97 Å². The van der Waals surface area contributed by atoms with Crippen LogP contribution in [0.2, 0.25) is 5.02 Å². The Morgan fingerprint density at radius 2 is 1.74 bits per heavy atom. The molecule has 2 N–H and O–H groups in total. The van der Waals surface area contributed by atoms with E-state index in [1.54, 1.807) is 24.3 Å². The molecule has 0 saturated carbocycles. The van der Waals surface area contributed by atoms with E-state index in [2.05, 4.69) is 20.6 Å². The number of methoxy groups -OCH3 is 1. The maximum absolute atomic E-state index is 11.7. The van der Waals surface area contributed by atoms with Crippen LogP contribution in [0.1, 0.15) is 21.7 Å². The Bertz CT molecular complexity index is 991. The normalized spacial score (nSPS) is 10.4. The van der Waals surface area contributed by atoms with Gasteiger partial charge in [0.25, 0.3) is 0 Å². The molecule has 6 nitrogen and oxygen atoms in total. The summed E-state index contributed by atoms with van der Waals surface area (Å²) in [6.45, 7) is 3.80. The molecule has 0 aliphatic rings. The average Bonchev–Trinajstić information content (AvgIpc) is 2.64. The minimum Gasteiger partial charge on any atom is -0.465 e. The summed E-state index contributed by atoms with van der Waals surface area (Å²) in [5, 5.41) is 7.11. The molecule has 0 amide bonds. The van der Waals surface area contributed by atoms with Crippen LogP contribution in [0.25, 0.3) is 0 Å². The van der Waals surface area contributed by atoms with E-state index in [0.717, 1.165) is 16.9 Å². The van der Waals surface area contributed by atoms with Gasteiger partial charge >= 0.3 is 5.97 Å². The van der Waals surface area contributed by atoms with Crippen LogP contribution in [0.3, 0.4) is 0 Å². The molecule has 0 bridgehead atoms. The topological polar surface area (TPSA) is 76.1 Å². The fourth-order valence-electron chi connectivity index (χ4n) is 2.55. The Morgan fingerprint density at radius 3 is 2.48 bits per heavy atom. The van der Waals surface area contributed by atoms with Crippen LogP contribution < -0.4 is 10.6 Å². The number of aromatic nitrogens is 2. The molecular weight excluding hydrogens is 364 g/mol. The second-order valence-electron chi connectivity index (χ2n) is 5.97. The zero-order valence-electron chi connectivity index (χ0n) is 15.2. The maximum atomic E-state index is 11.7. The van der Waals surface area contributed by atoms with E-state index in [1.807, 2.05) is 38.1 Å². The van der Waals surface area contributed by atoms with Crippen molar-refractivity contribution >= 4 is 40.6 Å². The number of halogens is 1. The van der Waals surface area contributed by atoms with E-state index < -0.39 is 5.97 Å². The molecule has 138 valence electrons. The highest BCUT2D eigenvalue weighted by atomic mass is 35.5. The second-order valence-corrected chi connectivity index (χ2v) is 6.40. The molecule has 7 heteroatoms. The zero-order chi connectivity index (χ0) is 19.4. The van der Waals surface area contributed by atoms with Crippen LogP contribution in [0.5, 0.6) is 0 Å². The van der Waals surface area contributed by atoms with Crippen LogP contribution in [0.4, 0.5) is 23.0 Å². The minimum atomic E-state index is -0.392. The van der Waals surface area contributed by atoms with Gasteiger partial charge in [0.2, 0.25) is 0 Å². The smallest absolute Gasteiger partial charge is 0.337 e. The third-order valence-corrected chi connectivity index (χ3v) is 4.09. The first-order valence-corrected chi connectivity index (χ1v) is 8.66. The molecule has 0 radical (unpaired) electrons. The molecule has 1 aromatic heterocycles. The number of rotatable bonds is 5. The summed E-state index contributed by atoms with van der Waals surface area (Å²) in [6, 6.07) is 14.4. The van der Waals surface area contributed by atoms with Crippen LogP contribution >= 0.6 is 11.6 Å². The maximum Gasteiger partial charge on any atom is 0.337 e. The Balaban J connectivity index is 1.85. The molecule has 0 saturated heterocycles. The first-order chi connectivity index (χ1) is 12.9. The quantitative estimate of drug-likeness (QED) is 0.603. The van der Waals surface area contributed by atoms with Crippen molar-refractivity contribution in [1.29, 1.82) is 0 Å². The molecule has 3 aromatic rings. The summed E-state index contributed by atoms with van der Waals surface area (Å²) in [5.74, 6) is 1.45. The Morgan fingerprint density at radius 1 is 1.00 bits per heavy atom. The molecular formula is C20H19ClN4O2. The summed E-state index contributed by atoms with van der Waals surface area (Å²) in [6.07, 6.45) is 0. The highest BCUT2D eigenvalue weighted by molar-refractivity contribution is 6.30. The number of carbonyl (C=O) groups is 1. The fraction of sp³-hybridized carbons (Fsp3) is 0.150. The van der Waals surface area contributed by atoms with Gasteiger partial charge in [-0.05, 0) is 49.7 Å². The summed E-state index contributed by atoms with van der Waals surface area (Å²) in [7, 11) is 1.35. The SMILES string of the molecule is COC(=O)c1cccc(Nc2cc(Nc3cc(Cl)ccc3C)nc(C)n2)c1. The number of ether oxygens (including phenoxy) is 1. The monoisotopic (exact) mass is 382 g/mol. The number of hydrogen-bond acceptors (Lipinski definition) is 6. The van der Waals surface area contributed by atoms with Crippen molar-refractivity contribution in [3.63, 3.8) is 0 Å². The molecule has 1 heterocycles. The predicted molar refractivity (Wildman–Crippen MR) is 107 cm³/mol. The standard InChI is InChI=1S/C20H19ClN4O2/c1-12-7-8-15(21)10-17(12)25-19-11-18(22-13(2)23-19)24-16-6-4-5-14(9-16)20(26)27-3/h4-11H,1-3H3,(H2,22,23,24,25). The van der Waals surface area contributed by atoms with Crippen molar-refractivity contribution in [2.24, 2.45) is 0 Å². The number of anilines is 4. The molecule has 0 spiro atoms. The molecule has 3 rings (SSSR count). The Hall–Kier alpha value is -3.12. The number of aryl methyl sites for hydroxylation is 2. The lowest BCUT2D eigenvalue weighted by atomic mass is 10.2. The highest BCUT2D eigenvalue weighted by Crippen LogP contribution is 2.25. The van der Waals surface area contributed by atoms with E-state index in [4.69, 9.17) is 16.3 Å². The molecule has 0 aliphatic carbocycles. The first-order valence-electron chi connectivity index (χ1n) is 8.29. The predicted octanol–water partition coefficient (Wildman–Crippen LogP) is 5.02. The molecule has 0 atom stereocenters. The summed E-state index contributed by atoms with van der Waals surface area (Å²) >= 11 is 6.08. The van der Waals surface area contributed by atoms with E-state index in [-0.39, 0.29) is 0 Å². The largest absolute Gasteiger partial charge is 0.465 e. The molecule has 0 fully saturated rings. The summed E-state index contributed by atoms with van der Waals surface area (Å²) < 4.78 is 4.75. The summed E-state index contributed by atoms with van der Waals surface area (Å²) in [4.78, 5) is 20.5. The van der Waals surface area contributed by atoms with Crippen molar-refractivity contribution in [2.45, 2.75) is 13.8 Å². The fourth-order valence-corrected chi connectivity index (χ4v) is 2.72. The highest BCUT2D eigenvalue weighted by Gasteiger charge is 2.08. The number of nitrogens with zero attached hydrogens (tertiary/aromatic N) is 2. The number of hydrogen-bond donors (Lipinski definition) is 2. The molecule has 0 aliphatic heterocycles. The number of esters is 1. The lowest BCUT2D eigenvalue weighted by Crippen LogP contribution is -2.04. The molecule has 0 unspecified atom stereocenters. The summed E-state index contributed by atoms with van der Waals surface area (Å²) in [5.41, 5.74) is 3.11. The van der Waals surface area contributed by atoms with Gasteiger partial charge in [0, 0.05) is 22.5 Å². The van der Waals surface area contributed by atoms with Crippen LogP contribution in [-0.4, -0.2) is 23.0 Å². The Kier molecular flexibility index (Phi) is 5.57. The first kappa shape index (κ1) is 18.7. The zero-order valence-corrected chi connectivity index (χ0v) is 16.0. The van der Waals surface area contributed by atoms with Crippen molar-refractivity contribution in [3.05, 3.63) is 70.5 Å². The van der Waals surface area contributed by atoms with Crippen molar-refractivity contribution < 1.29 is 9.53 Å². The second kappa shape index (κ2) is 8.05. The third-order valence-electron chi connectivity index (χ3n) is 3.86.